The number of fused-ring (bicyclic) bond motifs is 1. The normalized spacial score (nSPS) is 22.6. The number of β-amino-alcohol motifs (C(OH)–C–C–N with tert-alkyl or cyclic N) is 1. The molecule has 11 heteroatoms. The third-order valence-electron chi connectivity index (χ3n) is 7.38. The first kappa shape index (κ1) is 25.7. The average molecular weight is 544 g/mol. The van der Waals surface area contributed by atoms with Crippen LogP contribution in [0.15, 0.2) is 35.2 Å². The molecule has 0 aliphatic carbocycles. The number of aliphatic hydroxyl groups excluding tert-OH is 1. The fraction of sp³-hybridized carbons (Fsp3) is 0.423. The van der Waals surface area contributed by atoms with Gasteiger partial charge < -0.3 is 20.7 Å². The number of Topliss-reactive ketones (excluding diaryl/α,β-unsaturated/α-hetero) is 1. The molecular formula is C26H30ClN5O4S. The molecule has 2 aromatic heterocycles. The fourth-order valence-corrected chi connectivity index (χ4v) is 6.17. The molecule has 2 fully saturated rings. The first-order valence-electron chi connectivity index (χ1n) is 12.3. The maximum Gasteiger partial charge on any atom is 0.295 e. The summed E-state index contributed by atoms with van der Waals surface area (Å²) in [4.78, 5) is 45.2. The molecule has 0 saturated carbocycles. The summed E-state index contributed by atoms with van der Waals surface area (Å²) in [5, 5.41) is 14.6. The van der Waals surface area contributed by atoms with Crippen molar-refractivity contribution < 1.29 is 19.5 Å². The number of aromatic nitrogens is 1. The van der Waals surface area contributed by atoms with Gasteiger partial charge in [0, 0.05) is 56.4 Å². The van der Waals surface area contributed by atoms with Crippen LogP contribution in [-0.4, -0.2) is 86.4 Å². The van der Waals surface area contributed by atoms with Crippen LogP contribution in [0, 0.1) is 0 Å². The van der Waals surface area contributed by atoms with Gasteiger partial charge in [-0.1, -0.05) is 11.6 Å². The third-order valence-corrected chi connectivity index (χ3v) is 8.43. The predicted octanol–water partition coefficient (Wildman–Crippen LogP) is 2.58. The average Bonchev–Trinajstić information content (AvgIpc) is 3.61. The van der Waals surface area contributed by atoms with Crippen molar-refractivity contribution in [2.75, 3.05) is 32.0 Å². The molecule has 9 nitrogen and oxygen atoms in total. The number of carbonyl (C=O) groups excluding carboxylic acids is 3. The van der Waals surface area contributed by atoms with Crippen molar-refractivity contribution in [3.63, 3.8) is 0 Å². The lowest BCUT2D eigenvalue weighted by Crippen LogP contribution is -2.57. The molecule has 3 atom stereocenters. The van der Waals surface area contributed by atoms with Crippen LogP contribution >= 0.6 is 22.9 Å². The second-order valence-corrected chi connectivity index (χ2v) is 11.2. The van der Waals surface area contributed by atoms with E-state index in [1.165, 1.54) is 21.3 Å². The van der Waals surface area contributed by atoms with E-state index < -0.39 is 17.8 Å². The summed E-state index contributed by atoms with van der Waals surface area (Å²) in [6.45, 7) is 6.66. The van der Waals surface area contributed by atoms with E-state index in [1.807, 2.05) is 11.8 Å². The number of likely N-dealkylation sites (tertiary alicyclic amines) is 1. The van der Waals surface area contributed by atoms with Crippen LogP contribution in [0.2, 0.25) is 5.02 Å². The zero-order valence-corrected chi connectivity index (χ0v) is 22.3. The molecule has 2 amide bonds. The summed E-state index contributed by atoms with van der Waals surface area (Å²) in [6, 6.07) is 5.35. The SMILES string of the molecule is C[C@@H]1CN(C(=O)c2cc3c(C(=O)C(=O)N4CCC(O)C4)cn(N)c3cc2Cl)[C@@H](C)CN1Cc1ccsc1. The minimum absolute atomic E-state index is 0.0440. The molecule has 0 radical (unpaired) electrons. The summed E-state index contributed by atoms with van der Waals surface area (Å²) in [5.41, 5.74) is 2.08. The molecule has 0 bridgehead atoms. The first-order valence-corrected chi connectivity index (χ1v) is 13.6. The van der Waals surface area contributed by atoms with Crippen LogP contribution in [-0.2, 0) is 11.3 Å². The van der Waals surface area contributed by atoms with Gasteiger partial charge in [-0.2, -0.15) is 11.3 Å². The van der Waals surface area contributed by atoms with Crippen molar-refractivity contribution in [2.45, 2.75) is 45.0 Å². The summed E-state index contributed by atoms with van der Waals surface area (Å²) in [5.74, 6) is 4.43. The highest BCUT2D eigenvalue weighted by atomic mass is 35.5. The summed E-state index contributed by atoms with van der Waals surface area (Å²) in [7, 11) is 0. The number of hydrogen-bond acceptors (Lipinski definition) is 7. The van der Waals surface area contributed by atoms with Gasteiger partial charge in [-0.05, 0) is 54.8 Å². The highest BCUT2D eigenvalue weighted by Gasteiger charge is 2.35. The van der Waals surface area contributed by atoms with Gasteiger partial charge in [0.25, 0.3) is 17.6 Å². The predicted molar refractivity (Wildman–Crippen MR) is 143 cm³/mol. The fourth-order valence-electron chi connectivity index (χ4n) is 5.27. The molecule has 1 aromatic carbocycles. The number of halogens is 1. The van der Waals surface area contributed by atoms with Crippen molar-refractivity contribution >= 4 is 51.4 Å². The lowest BCUT2D eigenvalue weighted by atomic mass is 10.0. The third kappa shape index (κ3) is 4.86. The molecule has 2 aliphatic heterocycles. The number of piperazine rings is 1. The van der Waals surface area contributed by atoms with Gasteiger partial charge in [0.1, 0.15) is 0 Å². The topological polar surface area (TPSA) is 112 Å². The van der Waals surface area contributed by atoms with Gasteiger partial charge in [-0.3, -0.25) is 24.0 Å². The molecule has 4 heterocycles. The summed E-state index contributed by atoms with van der Waals surface area (Å²) < 4.78 is 1.24. The largest absolute Gasteiger partial charge is 0.391 e. The second-order valence-electron chi connectivity index (χ2n) is 10.0. The molecule has 2 saturated heterocycles. The Labute approximate surface area is 223 Å². The van der Waals surface area contributed by atoms with Crippen LogP contribution in [0.4, 0.5) is 0 Å². The van der Waals surface area contributed by atoms with Crippen LogP contribution in [0.3, 0.4) is 0 Å². The van der Waals surface area contributed by atoms with Gasteiger partial charge in [0.2, 0.25) is 0 Å². The minimum atomic E-state index is -0.729. The van der Waals surface area contributed by atoms with E-state index in [4.69, 9.17) is 17.4 Å². The number of benzene rings is 1. The first-order chi connectivity index (χ1) is 17.6. The number of thiophene rings is 1. The lowest BCUT2D eigenvalue weighted by molar-refractivity contribution is -0.125. The van der Waals surface area contributed by atoms with E-state index in [1.54, 1.807) is 23.5 Å². The number of ketones is 1. The Kier molecular flexibility index (Phi) is 7.01. The highest BCUT2D eigenvalue weighted by Crippen LogP contribution is 2.30. The Hall–Kier alpha value is -2.92. The van der Waals surface area contributed by atoms with Gasteiger partial charge in [-0.15, -0.1) is 0 Å². The second kappa shape index (κ2) is 10.1. The molecule has 0 spiro atoms. The number of carbonyl (C=O) groups is 3. The van der Waals surface area contributed by atoms with E-state index in [0.29, 0.717) is 30.4 Å². The van der Waals surface area contributed by atoms with E-state index in [-0.39, 0.29) is 40.7 Å². The maximum absolute atomic E-state index is 13.7. The molecule has 1 unspecified atom stereocenters. The number of nitrogens with two attached hydrogens (primary N) is 1. The molecule has 5 rings (SSSR count). The summed E-state index contributed by atoms with van der Waals surface area (Å²) in [6.07, 6.45) is 1.18. The molecule has 196 valence electrons. The van der Waals surface area contributed by atoms with Crippen LogP contribution in [0.25, 0.3) is 10.9 Å². The van der Waals surface area contributed by atoms with Crippen LogP contribution in [0.1, 0.15) is 46.5 Å². The Morgan fingerprint density at radius 2 is 1.92 bits per heavy atom. The monoisotopic (exact) mass is 543 g/mol. The van der Waals surface area contributed by atoms with Crippen molar-refractivity contribution in [3.05, 3.63) is 56.9 Å². The number of amides is 2. The van der Waals surface area contributed by atoms with Crippen molar-refractivity contribution in [3.8, 4) is 0 Å². The van der Waals surface area contributed by atoms with Crippen molar-refractivity contribution in [1.82, 2.24) is 19.4 Å². The smallest absolute Gasteiger partial charge is 0.295 e. The Morgan fingerprint density at radius 3 is 2.59 bits per heavy atom. The Bertz CT molecular complexity index is 1360. The molecule has 37 heavy (non-hydrogen) atoms. The number of hydrogen-bond donors (Lipinski definition) is 2. The van der Waals surface area contributed by atoms with Gasteiger partial charge >= 0.3 is 0 Å². The standard InChI is InChI=1S/C26H30ClN5O4S/c1-15-10-31(16(2)9-30(15)11-17-4-6-37-14-17)25(35)20-7-19-21(13-32(28)23(19)8-22(20)27)24(34)26(36)29-5-3-18(33)12-29/h4,6-8,13-16,18,33H,3,5,9-12,28H2,1-2H3/t15-,16+,18?/m1/s1. The summed E-state index contributed by atoms with van der Waals surface area (Å²) >= 11 is 8.23. The van der Waals surface area contributed by atoms with Crippen LogP contribution in [0.5, 0.6) is 0 Å². The van der Waals surface area contributed by atoms with E-state index in [9.17, 15) is 19.5 Å². The Balaban J connectivity index is 1.41. The van der Waals surface area contributed by atoms with E-state index >= 15 is 0 Å². The quantitative estimate of drug-likeness (QED) is 0.291. The van der Waals surface area contributed by atoms with E-state index in [2.05, 4.69) is 28.7 Å². The number of nitrogens with zero attached hydrogens (tertiary/aromatic N) is 4. The lowest BCUT2D eigenvalue weighted by Gasteiger charge is -2.44. The molecule has 2 aliphatic rings. The van der Waals surface area contributed by atoms with E-state index in [0.717, 1.165) is 13.1 Å². The Morgan fingerprint density at radius 1 is 1.14 bits per heavy atom. The highest BCUT2D eigenvalue weighted by molar-refractivity contribution is 7.07. The number of nitrogen functional groups attached to an aromatic ring is 1. The molecule has 3 aromatic rings. The van der Waals surface area contributed by atoms with Crippen LogP contribution < -0.4 is 5.84 Å². The van der Waals surface area contributed by atoms with Crippen molar-refractivity contribution in [2.24, 2.45) is 0 Å². The van der Waals surface area contributed by atoms with Gasteiger partial charge in [0.15, 0.2) is 0 Å². The van der Waals surface area contributed by atoms with Crippen molar-refractivity contribution in [1.29, 1.82) is 0 Å². The molecule has 3 N–H and O–H groups in total. The molecular weight excluding hydrogens is 514 g/mol. The maximum atomic E-state index is 13.7. The van der Waals surface area contributed by atoms with Gasteiger partial charge in [-0.25, -0.2) is 0 Å². The zero-order valence-electron chi connectivity index (χ0n) is 20.8. The zero-order chi connectivity index (χ0) is 26.4. The number of aliphatic hydroxyl groups is 1. The minimum Gasteiger partial charge on any atom is -0.391 e. The van der Waals surface area contributed by atoms with Gasteiger partial charge in [0.05, 0.1) is 27.8 Å². The number of rotatable bonds is 5.